The molecule has 0 saturated heterocycles. The van der Waals surface area contributed by atoms with Crippen LogP contribution in [0.2, 0.25) is 0 Å². The Balaban J connectivity index is 2.42. The minimum absolute atomic E-state index is 0.0725. The Morgan fingerprint density at radius 1 is 1.17 bits per heavy atom. The monoisotopic (exact) mass is 342 g/mol. The molecule has 0 spiro atoms. The molecular formula is C16H26N2O4S. The van der Waals surface area contributed by atoms with Crippen LogP contribution in [0.4, 0.5) is 0 Å². The van der Waals surface area contributed by atoms with Crippen LogP contribution in [-0.4, -0.2) is 34.0 Å². The third-order valence-corrected chi connectivity index (χ3v) is 4.61. The quantitative estimate of drug-likeness (QED) is 0.680. The first-order valence-electron chi connectivity index (χ1n) is 7.84. The molecule has 1 aromatic carbocycles. The molecule has 0 aliphatic carbocycles. The van der Waals surface area contributed by atoms with Crippen LogP contribution < -0.4 is 14.8 Å². The smallest absolute Gasteiger partial charge is 0.240 e. The largest absolute Gasteiger partial charge is 0.494 e. The number of sulfonamides is 1. The van der Waals surface area contributed by atoms with E-state index in [9.17, 15) is 13.2 Å². The number of amides is 1. The summed E-state index contributed by atoms with van der Waals surface area (Å²) in [5.41, 5.74) is 0. The van der Waals surface area contributed by atoms with Gasteiger partial charge in [0.1, 0.15) is 5.75 Å². The van der Waals surface area contributed by atoms with Gasteiger partial charge in [-0.15, -0.1) is 0 Å². The van der Waals surface area contributed by atoms with Crippen LogP contribution >= 0.6 is 0 Å². The SMILES string of the molecule is CCOc1ccc(S(=O)(=O)NCCC(=O)NCCC(C)C)cc1. The molecule has 0 fully saturated rings. The number of hydrogen-bond acceptors (Lipinski definition) is 4. The predicted octanol–water partition coefficient (Wildman–Crippen LogP) is 1.92. The Bertz CT molecular complexity index is 583. The van der Waals surface area contributed by atoms with Gasteiger partial charge in [0.15, 0.2) is 0 Å². The second-order valence-electron chi connectivity index (χ2n) is 5.58. The fourth-order valence-electron chi connectivity index (χ4n) is 1.85. The van der Waals surface area contributed by atoms with Crippen LogP contribution in [0.25, 0.3) is 0 Å². The molecule has 1 aromatic rings. The lowest BCUT2D eigenvalue weighted by molar-refractivity contribution is -0.120. The first-order valence-corrected chi connectivity index (χ1v) is 9.32. The van der Waals surface area contributed by atoms with Crippen LogP contribution in [0.15, 0.2) is 29.2 Å². The number of benzene rings is 1. The van der Waals surface area contributed by atoms with E-state index in [0.717, 1.165) is 6.42 Å². The molecule has 0 radical (unpaired) electrons. The Labute approximate surface area is 138 Å². The fraction of sp³-hybridized carbons (Fsp3) is 0.562. The normalized spacial score (nSPS) is 11.5. The van der Waals surface area contributed by atoms with E-state index in [1.165, 1.54) is 12.1 Å². The molecule has 1 amide bonds. The van der Waals surface area contributed by atoms with E-state index in [1.807, 2.05) is 6.92 Å². The second kappa shape index (κ2) is 9.52. The van der Waals surface area contributed by atoms with E-state index in [4.69, 9.17) is 4.74 Å². The van der Waals surface area contributed by atoms with E-state index < -0.39 is 10.0 Å². The molecule has 130 valence electrons. The Morgan fingerprint density at radius 3 is 2.39 bits per heavy atom. The molecule has 2 N–H and O–H groups in total. The average molecular weight is 342 g/mol. The molecule has 23 heavy (non-hydrogen) atoms. The van der Waals surface area contributed by atoms with E-state index in [-0.39, 0.29) is 23.8 Å². The molecular weight excluding hydrogens is 316 g/mol. The van der Waals surface area contributed by atoms with Gasteiger partial charge in [-0.25, -0.2) is 13.1 Å². The summed E-state index contributed by atoms with van der Waals surface area (Å²) in [5.74, 6) is 0.990. The van der Waals surface area contributed by atoms with Crippen molar-refractivity contribution in [1.82, 2.24) is 10.0 Å². The number of carbonyl (C=O) groups is 1. The average Bonchev–Trinajstić information content (AvgIpc) is 2.47. The van der Waals surface area contributed by atoms with E-state index in [1.54, 1.807) is 12.1 Å². The zero-order chi connectivity index (χ0) is 17.3. The third kappa shape index (κ3) is 7.47. The van der Waals surface area contributed by atoms with Crippen molar-refractivity contribution < 1.29 is 17.9 Å². The zero-order valence-electron chi connectivity index (χ0n) is 14.0. The topological polar surface area (TPSA) is 84.5 Å². The molecule has 0 atom stereocenters. The maximum Gasteiger partial charge on any atom is 0.240 e. The molecule has 0 unspecified atom stereocenters. The Kier molecular flexibility index (Phi) is 8.05. The molecule has 0 aliphatic rings. The zero-order valence-corrected chi connectivity index (χ0v) is 14.8. The molecule has 0 aliphatic heterocycles. The number of hydrogen-bond donors (Lipinski definition) is 2. The highest BCUT2D eigenvalue weighted by atomic mass is 32.2. The van der Waals surface area contributed by atoms with Crippen LogP contribution in [0.3, 0.4) is 0 Å². The lowest BCUT2D eigenvalue weighted by Gasteiger charge is -2.09. The first kappa shape index (κ1) is 19.4. The Morgan fingerprint density at radius 2 is 1.83 bits per heavy atom. The van der Waals surface area contributed by atoms with Crippen LogP contribution in [-0.2, 0) is 14.8 Å². The minimum atomic E-state index is -3.61. The molecule has 7 heteroatoms. The number of carbonyl (C=O) groups excluding carboxylic acids is 1. The summed E-state index contributed by atoms with van der Waals surface area (Å²) in [7, 11) is -3.61. The van der Waals surface area contributed by atoms with Crippen molar-refractivity contribution in [3.05, 3.63) is 24.3 Å². The summed E-state index contributed by atoms with van der Waals surface area (Å²) in [6, 6.07) is 6.18. The van der Waals surface area contributed by atoms with Crippen LogP contribution in [0, 0.1) is 5.92 Å². The van der Waals surface area contributed by atoms with Crippen molar-refractivity contribution in [3.63, 3.8) is 0 Å². The van der Waals surface area contributed by atoms with Gasteiger partial charge < -0.3 is 10.1 Å². The molecule has 0 bridgehead atoms. The van der Waals surface area contributed by atoms with E-state index in [2.05, 4.69) is 23.9 Å². The van der Waals surface area contributed by atoms with Gasteiger partial charge in [-0.3, -0.25) is 4.79 Å². The maximum absolute atomic E-state index is 12.1. The van der Waals surface area contributed by atoms with Gasteiger partial charge >= 0.3 is 0 Å². The number of ether oxygens (including phenoxy) is 1. The number of nitrogens with one attached hydrogen (secondary N) is 2. The highest BCUT2D eigenvalue weighted by Crippen LogP contribution is 2.15. The lowest BCUT2D eigenvalue weighted by atomic mass is 10.1. The predicted molar refractivity (Wildman–Crippen MR) is 89.9 cm³/mol. The maximum atomic E-state index is 12.1. The standard InChI is InChI=1S/C16H26N2O4S/c1-4-22-14-5-7-15(8-6-14)23(20,21)18-12-10-16(19)17-11-9-13(2)3/h5-8,13,18H,4,9-12H2,1-3H3,(H,17,19). The van der Waals surface area contributed by atoms with Gasteiger partial charge in [0.05, 0.1) is 11.5 Å². The van der Waals surface area contributed by atoms with Gasteiger partial charge in [-0.05, 0) is 43.5 Å². The van der Waals surface area contributed by atoms with E-state index >= 15 is 0 Å². The summed E-state index contributed by atoms with van der Waals surface area (Å²) in [6.07, 6.45) is 1.03. The van der Waals surface area contributed by atoms with Crippen molar-refractivity contribution >= 4 is 15.9 Å². The minimum Gasteiger partial charge on any atom is -0.494 e. The first-order chi connectivity index (χ1) is 10.8. The molecule has 0 aromatic heterocycles. The van der Waals surface area contributed by atoms with Crippen molar-refractivity contribution in [1.29, 1.82) is 0 Å². The third-order valence-electron chi connectivity index (χ3n) is 3.13. The molecule has 6 nitrogen and oxygen atoms in total. The van der Waals surface area contributed by atoms with Gasteiger partial charge in [-0.1, -0.05) is 13.8 Å². The summed E-state index contributed by atoms with van der Waals surface area (Å²) < 4.78 is 31.9. The fourth-order valence-corrected chi connectivity index (χ4v) is 2.88. The van der Waals surface area contributed by atoms with Crippen LogP contribution in [0.1, 0.15) is 33.6 Å². The summed E-state index contributed by atoms with van der Waals surface area (Å²) >= 11 is 0. The van der Waals surface area contributed by atoms with Crippen molar-refractivity contribution in [2.24, 2.45) is 5.92 Å². The summed E-state index contributed by atoms with van der Waals surface area (Å²) in [4.78, 5) is 11.8. The van der Waals surface area contributed by atoms with Gasteiger partial charge in [0, 0.05) is 19.5 Å². The molecule has 0 saturated carbocycles. The van der Waals surface area contributed by atoms with Crippen molar-refractivity contribution in [3.8, 4) is 5.75 Å². The molecule has 0 heterocycles. The highest BCUT2D eigenvalue weighted by Gasteiger charge is 2.14. The Hall–Kier alpha value is -1.60. The second-order valence-corrected chi connectivity index (χ2v) is 7.35. The van der Waals surface area contributed by atoms with Crippen molar-refractivity contribution in [2.45, 2.75) is 38.5 Å². The molecule has 1 rings (SSSR count). The van der Waals surface area contributed by atoms with Gasteiger partial charge in [-0.2, -0.15) is 0 Å². The van der Waals surface area contributed by atoms with Crippen molar-refractivity contribution in [2.75, 3.05) is 19.7 Å². The lowest BCUT2D eigenvalue weighted by Crippen LogP contribution is -2.31. The number of rotatable bonds is 10. The van der Waals surface area contributed by atoms with Gasteiger partial charge in [0.2, 0.25) is 15.9 Å². The van der Waals surface area contributed by atoms with E-state index in [0.29, 0.717) is 24.8 Å². The van der Waals surface area contributed by atoms with Crippen LogP contribution in [0.5, 0.6) is 5.75 Å². The van der Waals surface area contributed by atoms with Gasteiger partial charge in [0.25, 0.3) is 0 Å². The highest BCUT2D eigenvalue weighted by molar-refractivity contribution is 7.89. The summed E-state index contributed by atoms with van der Waals surface area (Å²) in [6.45, 7) is 7.23. The summed E-state index contributed by atoms with van der Waals surface area (Å²) in [5, 5.41) is 2.77.